The number of halogens is 3. The molecule has 0 saturated carbocycles. The van der Waals surface area contributed by atoms with Crippen molar-refractivity contribution in [2.75, 3.05) is 11.4 Å². The van der Waals surface area contributed by atoms with Gasteiger partial charge in [0.15, 0.2) is 11.5 Å². The number of amides is 1. The standard InChI is InChI=1S/C20H14F3N5O2/c21-20(22,23)12-5-7-13(8-6-12)28-10-11(9-16(28)29)18-24-19(30-27-18)17-14-3-1-2-4-15(14)25-26-17/h1-8,11H,9-10H2,(H,25,26). The molecule has 1 aliphatic heterocycles. The van der Waals surface area contributed by atoms with E-state index in [1.54, 1.807) is 0 Å². The Morgan fingerprint density at radius 1 is 1.10 bits per heavy atom. The van der Waals surface area contributed by atoms with Crippen LogP contribution in [-0.4, -0.2) is 32.8 Å². The Kier molecular flexibility index (Phi) is 4.09. The molecule has 1 aliphatic rings. The molecule has 1 fully saturated rings. The minimum Gasteiger partial charge on any atom is -0.332 e. The monoisotopic (exact) mass is 413 g/mol. The van der Waals surface area contributed by atoms with Gasteiger partial charge >= 0.3 is 6.18 Å². The van der Waals surface area contributed by atoms with Crippen molar-refractivity contribution in [1.29, 1.82) is 0 Å². The molecule has 1 unspecified atom stereocenters. The third-order valence-electron chi connectivity index (χ3n) is 5.11. The van der Waals surface area contributed by atoms with Crippen LogP contribution in [-0.2, 0) is 11.0 Å². The predicted molar refractivity (Wildman–Crippen MR) is 101 cm³/mol. The number of para-hydroxylation sites is 1. The van der Waals surface area contributed by atoms with E-state index >= 15 is 0 Å². The average Bonchev–Trinajstić information content (AvgIpc) is 3.45. The fourth-order valence-corrected chi connectivity index (χ4v) is 3.58. The second kappa shape index (κ2) is 6.68. The second-order valence-electron chi connectivity index (χ2n) is 7.03. The van der Waals surface area contributed by atoms with E-state index in [1.807, 2.05) is 24.3 Å². The van der Waals surface area contributed by atoms with Crippen molar-refractivity contribution in [3.63, 3.8) is 0 Å². The van der Waals surface area contributed by atoms with E-state index in [4.69, 9.17) is 4.52 Å². The zero-order chi connectivity index (χ0) is 20.9. The number of carbonyl (C=O) groups excluding carboxylic acids is 1. The Balaban J connectivity index is 1.37. The van der Waals surface area contributed by atoms with Crippen LogP contribution in [0.4, 0.5) is 18.9 Å². The first-order valence-electron chi connectivity index (χ1n) is 9.15. The topological polar surface area (TPSA) is 87.9 Å². The average molecular weight is 413 g/mol. The maximum Gasteiger partial charge on any atom is 0.416 e. The zero-order valence-corrected chi connectivity index (χ0v) is 15.3. The van der Waals surface area contributed by atoms with Crippen molar-refractivity contribution in [3.8, 4) is 11.6 Å². The molecule has 0 bridgehead atoms. The Morgan fingerprint density at radius 3 is 2.63 bits per heavy atom. The number of anilines is 1. The Labute approximate surface area is 167 Å². The van der Waals surface area contributed by atoms with E-state index < -0.39 is 11.7 Å². The van der Waals surface area contributed by atoms with Gasteiger partial charge in [0.05, 0.1) is 11.1 Å². The molecule has 7 nitrogen and oxygen atoms in total. The second-order valence-corrected chi connectivity index (χ2v) is 7.03. The third-order valence-corrected chi connectivity index (χ3v) is 5.11. The van der Waals surface area contributed by atoms with Crippen molar-refractivity contribution < 1.29 is 22.5 Å². The van der Waals surface area contributed by atoms with Crippen LogP contribution >= 0.6 is 0 Å². The van der Waals surface area contributed by atoms with E-state index in [0.717, 1.165) is 23.0 Å². The summed E-state index contributed by atoms with van der Waals surface area (Å²) in [6, 6.07) is 12.0. The number of rotatable bonds is 3. The molecule has 1 saturated heterocycles. The van der Waals surface area contributed by atoms with E-state index in [0.29, 0.717) is 17.2 Å². The molecule has 4 aromatic rings. The smallest absolute Gasteiger partial charge is 0.332 e. The number of hydrogen-bond acceptors (Lipinski definition) is 5. The number of hydrogen-bond donors (Lipinski definition) is 1. The number of H-pyrrole nitrogens is 1. The van der Waals surface area contributed by atoms with Gasteiger partial charge in [0, 0.05) is 30.0 Å². The number of aromatic amines is 1. The van der Waals surface area contributed by atoms with Crippen LogP contribution in [0.15, 0.2) is 53.1 Å². The fourth-order valence-electron chi connectivity index (χ4n) is 3.58. The van der Waals surface area contributed by atoms with Crippen LogP contribution in [0.1, 0.15) is 23.7 Å². The first-order chi connectivity index (χ1) is 14.4. The van der Waals surface area contributed by atoms with Gasteiger partial charge in [0.1, 0.15) is 0 Å². The van der Waals surface area contributed by atoms with Crippen molar-refractivity contribution in [1.82, 2.24) is 20.3 Å². The maximum absolute atomic E-state index is 12.8. The zero-order valence-electron chi connectivity index (χ0n) is 15.3. The van der Waals surface area contributed by atoms with Crippen LogP contribution in [0, 0.1) is 0 Å². The number of aromatic nitrogens is 4. The largest absolute Gasteiger partial charge is 0.416 e. The molecular formula is C20H14F3N5O2. The van der Waals surface area contributed by atoms with Crippen LogP contribution in [0.3, 0.4) is 0 Å². The molecule has 0 aliphatic carbocycles. The van der Waals surface area contributed by atoms with Crippen LogP contribution in [0.5, 0.6) is 0 Å². The molecule has 152 valence electrons. The number of benzene rings is 2. The fraction of sp³-hybridized carbons (Fsp3) is 0.200. The highest BCUT2D eigenvalue weighted by Crippen LogP contribution is 2.34. The van der Waals surface area contributed by atoms with Crippen molar-refractivity contribution in [2.24, 2.45) is 0 Å². The summed E-state index contributed by atoms with van der Waals surface area (Å²) in [5.74, 6) is 0.0570. The van der Waals surface area contributed by atoms with Gasteiger partial charge in [-0.15, -0.1) is 0 Å². The normalized spacial score (nSPS) is 17.2. The van der Waals surface area contributed by atoms with E-state index in [2.05, 4.69) is 20.3 Å². The van der Waals surface area contributed by atoms with Gasteiger partial charge in [-0.25, -0.2) is 0 Å². The minimum atomic E-state index is -4.42. The summed E-state index contributed by atoms with van der Waals surface area (Å²) >= 11 is 0. The quantitative estimate of drug-likeness (QED) is 0.545. The van der Waals surface area contributed by atoms with Crippen LogP contribution < -0.4 is 4.90 Å². The summed E-state index contributed by atoms with van der Waals surface area (Å²) < 4.78 is 43.6. The van der Waals surface area contributed by atoms with Crippen LogP contribution in [0.2, 0.25) is 0 Å². The van der Waals surface area contributed by atoms with Gasteiger partial charge in [-0.3, -0.25) is 9.89 Å². The number of alkyl halides is 3. The first-order valence-corrected chi connectivity index (χ1v) is 9.15. The maximum atomic E-state index is 12.8. The summed E-state index contributed by atoms with van der Waals surface area (Å²) in [5, 5.41) is 12.0. The van der Waals surface area contributed by atoms with Crippen molar-refractivity contribution in [2.45, 2.75) is 18.5 Å². The van der Waals surface area contributed by atoms with Gasteiger partial charge < -0.3 is 9.42 Å². The van der Waals surface area contributed by atoms with E-state index in [1.165, 1.54) is 17.0 Å². The Hall–Kier alpha value is -3.69. The molecule has 1 amide bonds. The lowest BCUT2D eigenvalue weighted by atomic mass is 10.1. The lowest BCUT2D eigenvalue weighted by Gasteiger charge is -2.17. The van der Waals surface area contributed by atoms with Gasteiger partial charge in [0.2, 0.25) is 5.91 Å². The molecule has 3 heterocycles. The number of nitrogens with zero attached hydrogens (tertiary/aromatic N) is 4. The summed E-state index contributed by atoms with van der Waals surface area (Å²) in [4.78, 5) is 18.3. The molecule has 1 atom stereocenters. The lowest BCUT2D eigenvalue weighted by molar-refractivity contribution is -0.137. The Bertz CT molecular complexity index is 1230. The van der Waals surface area contributed by atoms with E-state index in [-0.39, 0.29) is 30.7 Å². The molecule has 2 aromatic carbocycles. The van der Waals surface area contributed by atoms with E-state index in [9.17, 15) is 18.0 Å². The van der Waals surface area contributed by atoms with Crippen LogP contribution in [0.25, 0.3) is 22.5 Å². The highest BCUT2D eigenvalue weighted by atomic mass is 19.4. The molecule has 0 radical (unpaired) electrons. The molecule has 10 heteroatoms. The first kappa shape index (κ1) is 18.3. The predicted octanol–water partition coefficient (Wildman–Crippen LogP) is 4.15. The van der Waals surface area contributed by atoms with Crippen molar-refractivity contribution >= 4 is 22.5 Å². The molecule has 0 spiro atoms. The van der Waals surface area contributed by atoms with Crippen molar-refractivity contribution in [3.05, 3.63) is 59.9 Å². The number of carbonyl (C=O) groups is 1. The minimum absolute atomic E-state index is 0.140. The summed E-state index contributed by atoms with van der Waals surface area (Å²) in [6.45, 7) is 0.254. The third kappa shape index (κ3) is 3.10. The summed E-state index contributed by atoms with van der Waals surface area (Å²) in [7, 11) is 0. The molecular weight excluding hydrogens is 399 g/mol. The summed E-state index contributed by atoms with van der Waals surface area (Å²) in [5.41, 5.74) is 0.992. The lowest BCUT2D eigenvalue weighted by Crippen LogP contribution is -2.24. The van der Waals surface area contributed by atoms with Gasteiger partial charge in [0.25, 0.3) is 5.89 Å². The summed E-state index contributed by atoms with van der Waals surface area (Å²) in [6.07, 6.45) is -4.28. The number of fused-ring (bicyclic) bond motifs is 1. The van der Waals surface area contributed by atoms with Gasteiger partial charge in [-0.05, 0) is 30.3 Å². The SMILES string of the molecule is O=C1CC(c2noc(-c3n[nH]c4ccccc34)n2)CN1c1ccc(C(F)(F)F)cc1. The van der Waals surface area contributed by atoms with Gasteiger partial charge in [-0.2, -0.15) is 23.3 Å². The molecule has 1 N–H and O–H groups in total. The van der Waals surface area contributed by atoms with Gasteiger partial charge in [-0.1, -0.05) is 23.4 Å². The molecule has 30 heavy (non-hydrogen) atoms. The molecule has 5 rings (SSSR count). The number of nitrogens with one attached hydrogen (secondary N) is 1. The highest BCUT2D eigenvalue weighted by molar-refractivity contribution is 5.96. The Morgan fingerprint density at radius 2 is 1.87 bits per heavy atom. The highest BCUT2D eigenvalue weighted by Gasteiger charge is 2.36. The molecule has 2 aromatic heterocycles.